The van der Waals surface area contributed by atoms with E-state index in [1.165, 1.54) is 36.7 Å². The number of carbonyl (C=O) groups excluding carboxylic acids is 2. The number of aromatic nitrogens is 2. The number of halogens is 6. The van der Waals surface area contributed by atoms with Crippen molar-refractivity contribution in [3.63, 3.8) is 0 Å². The highest BCUT2D eigenvalue weighted by Gasteiger charge is 2.42. The van der Waals surface area contributed by atoms with Gasteiger partial charge in [-0.3, -0.25) is 19.6 Å². The summed E-state index contributed by atoms with van der Waals surface area (Å²) in [6.45, 7) is 0. The van der Waals surface area contributed by atoms with Gasteiger partial charge in [0.1, 0.15) is 39.8 Å². The number of amides is 2. The largest absolute Gasteiger partial charge is 0.505 e. The van der Waals surface area contributed by atoms with Crippen LogP contribution in [0.1, 0.15) is 34.3 Å². The lowest BCUT2D eigenvalue weighted by Gasteiger charge is -2.31. The highest BCUT2D eigenvalue weighted by molar-refractivity contribution is 6.37. The van der Waals surface area contributed by atoms with Crippen LogP contribution in [0.5, 0.6) is 23.0 Å². The summed E-state index contributed by atoms with van der Waals surface area (Å²) in [5.74, 6) is -2.98. The summed E-state index contributed by atoms with van der Waals surface area (Å²) in [5.41, 5.74) is 0.768. The van der Waals surface area contributed by atoms with Crippen molar-refractivity contribution >= 4 is 91.6 Å². The van der Waals surface area contributed by atoms with Gasteiger partial charge in [0.15, 0.2) is 0 Å². The first-order valence-electron chi connectivity index (χ1n) is 19.3. The number of aromatic hydroxyl groups is 2. The molecule has 0 spiro atoms. The Balaban J connectivity index is 1.28. The van der Waals surface area contributed by atoms with Gasteiger partial charge in [-0.05, 0) is 90.5 Å². The number of rotatable bonds is 13. The summed E-state index contributed by atoms with van der Waals surface area (Å²) < 4.78 is 27.4. The van der Waals surface area contributed by atoms with E-state index < -0.39 is 41.9 Å². The second-order valence-corrected chi connectivity index (χ2v) is 16.3. The van der Waals surface area contributed by atoms with E-state index in [1.54, 1.807) is 103 Å². The van der Waals surface area contributed by atoms with E-state index in [-0.39, 0.29) is 81.4 Å². The SMILES string of the molecule is O=C(NC(c1ccc(F)c(Cl)c1)c1cc(Cl)c2cccnc2c1O)C(Oc1ccccc1)C(Oc1ccccc1)C(=O)NC(c1cc(Cl)c2cccnc2c1O)c1c(Cl)cccc1Cl. The molecule has 0 fully saturated rings. The Bertz CT molecular complexity index is 3020. The van der Waals surface area contributed by atoms with Crippen LogP contribution < -0.4 is 20.1 Å². The van der Waals surface area contributed by atoms with Gasteiger partial charge >= 0.3 is 0 Å². The van der Waals surface area contributed by atoms with Crippen molar-refractivity contribution in [2.45, 2.75) is 24.3 Å². The molecule has 10 nitrogen and oxygen atoms in total. The number of nitrogens with zero attached hydrogens (tertiary/aromatic N) is 2. The molecule has 0 aliphatic heterocycles. The Morgan fingerprint density at radius 3 is 1.48 bits per heavy atom. The molecule has 64 heavy (non-hydrogen) atoms. The Morgan fingerprint density at radius 1 is 0.531 bits per heavy atom. The number of benzene rings is 6. The van der Waals surface area contributed by atoms with Gasteiger partial charge in [0.25, 0.3) is 11.8 Å². The van der Waals surface area contributed by atoms with Crippen molar-refractivity contribution in [2.24, 2.45) is 0 Å². The fourth-order valence-corrected chi connectivity index (χ4v) is 8.57. The van der Waals surface area contributed by atoms with E-state index in [2.05, 4.69) is 20.6 Å². The molecule has 2 heterocycles. The van der Waals surface area contributed by atoms with E-state index in [1.807, 2.05) is 0 Å². The number of phenols is 2. The number of phenolic OH excluding ortho intramolecular Hbond substituents is 2. The molecule has 0 aliphatic rings. The number of hydrogen-bond acceptors (Lipinski definition) is 8. The van der Waals surface area contributed by atoms with Gasteiger partial charge in [-0.1, -0.05) is 107 Å². The maximum atomic E-state index is 15.2. The van der Waals surface area contributed by atoms with Gasteiger partial charge in [-0.2, -0.15) is 0 Å². The maximum Gasteiger partial charge on any atom is 0.266 e. The molecule has 6 aromatic carbocycles. The topological polar surface area (TPSA) is 143 Å². The second kappa shape index (κ2) is 19.2. The Kier molecular flexibility index (Phi) is 13.3. The van der Waals surface area contributed by atoms with E-state index in [0.717, 1.165) is 6.07 Å². The number of para-hydroxylation sites is 2. The van der Waals surface area contributed by atoms with Crippen molar-refractivity contribution in [1.29, 1.82) is 0 Å². The van der Waals surface area contributed by atoms with Crippen LogP contribution in [-0.4, -0.2) is 44.2 Å². The zero-order valence-electron chi connectivity index (χ0n) is 32.9. The van der Waals surface area contributed by atoms with Crippen LogP contribution >= 0.6 is 58.0 Å². The molecule has 0 saturated carbocycles. The molecular weight excluding hydrogens is 925 g/mol. The van der Waals surface area contributed by atoms with Crippen molar-refractivity contribution in [2.75, 3.05) is 0 Å². The van der Waals surface area contributed by atoms with Crippen LogP contribution in [0.2, 0.25) is 25.1 Å². The standard InChI is InChI=1S/C48H32Cl5FN4O6/c49-32-16-7-17-33(50)38(32)40(31-24-35(52)29-15-9-21-56-42(29)44(31)60)58-48(62)46(64-27-12-5-2-6-13-27)45(63-26-10-3-1-4-11-26)47(61)57-39(25-18-19-37(54)36(53)22-25)30-23-34(51)28-14-8-20-55-41(28)43(30)59/h1-24,39-40,45-46,59-60H,(H,57,61)(H,58,62). The molecule has 16 heteroatoms. The minimum atomic E-state index is -1.85. The average Bonchev–Trinajstić information content (AvgIpc) is 3.30. The zero-order chi connectivity index (χ0) is 45.1. The van der Waals surface area contributed by atoms with Crippen LogP contribution in [0, 0.1) is 5.82 Å². The third kappa shape index (κ3) is 9.17. The molecule has 0 saturated heterocycles. The van der Waals surface area contributed by atoms with Crippen molar-refractivity contribution in [3.05, 3.63) is 199 Å². The van der Waals surface area contributed by atoms with Gasteiger partial charge < -0.3 is 30.3 Å². The molecule has 2 amide bonds. The maximum absolute atomic E-state index is 15.2. The molecular formula is C48H32Cl5FN4O6. The van der Waals surface area contributed by atoms with Crippen LogP contribution in [-0.2, 0) is 9.59 Å². The summed E-state index contributed by atoms with van der Waals surface area (Å²) in [7, 11) is 0. The van der Waals surface area contributed by atoms with Crippen molar-refractivity contribution in [3.8, 4) is 23.0 Å². The van der Waals surface area contributed by atoms with E-state index in [9.17, 15) is 14.6 Å². The Labute approximate surface area is 390 Å². The summed E-state index contributed by atoms with van der Waals surface area (Å²) in [6, 6.07) is 31.8. The first-order valence-corrected chi connectivity index (χ1v) is 21.2. The molecule has 0 bridgehead atoms. The van der Waals surface area contributed by atoms with E-state index in [4.69, 9.17) is 67.5 Å². The van der Waals surface area contributed by atoms with Gasteiger partial charge in [-0.15, -0.1) is 0 Å². The molecule has 8 rings (SSSR count). The number of carbonyl (C=O) groups is 2. The highest BCUT2D eigenvalue weighted by atomic mass is 35.5. The molecule has 4 atom stereocenters. The normalized spacial score (nSPS) is 13.2. The number of hydrogen-bond donors (Lipinski definition) is 4. The zero-order valence-corrected chi connectivity index (χ0v) is 36.6. The van der Waals surface area contributed by atoms with Gasteiger partial charge in [0.2, 0.25) is 12.2 Å². The fraction of sp³-hybridized carbons (Fsp3) is 0.0833. The molecule has 322 valence electrons. The van der Waals surface area contributed by atoms with E-state index >= 15 is 9.59 Å². The summed E-state index contributed by atoms with van der Waals surface area (Å²) >= 11 is 33.4. The Morgan fingerprint density at radius 2 is 1.00 bits per heavy atom. The molecule has 2 aromatic heterocycles. The summed E-state index contributed by atoms with van der Waals surface area (Å²) in [5, 5.41) is 30.5. The van der Waals surface area contributed by atoms with Gasteiger partial charge in [0.05, 0.1) is 27.2 Å². The lowest BCUT2D eigenvalue weighted by molar-refractivity contribution is -0.143. The van der Waals surface area contributed by atoms with Crippen molar-refractivity contribution in [1.82, 2.24) is 20.6 Å². The number of fused-ring (bicyclic) bond motifs is 2. The first-order chi connectivity index (χ1) is 30.9. The van der Waals surface area contributed by atoms with Gasteiger partial charge in [-0.25, -0.2) is 4.39 Å². The third-order valence-corrected chi connectivity index (χ3v) is 11.8. The van der Waals surface area contributed by atoms with Crippen LogP contribution in [0.3, 0.4) is 0 Å². The second-order valence-electron chi connectivity index (χ2n) is 14.3. The minimum Gasteiger partial charge on any atom is -0.505 e. The average molecular weight is 957 g/mol. The summed E-state index contributed by atoms with van der Waals surface area (Å²) in [6.07, 6.45) is -0.768. The number of ether oxygens (including phenoxy) is 2. The predicted octanol–water partition coefficient (Wildman–Crippen LogP) is 11.6. The van der Waals surface area contributed by atoms with Crippen molar-refractivity contribution < 1.29 is 33.7 Å². The number of nitrogens with one attached hydrogen (secondary N) is 2. The smallest absolute Gasteiger partial charge is 0.266 e. The molecule has 4 unspecified atom stereocenters. The molecule has 8 aromatic rings. The van der Waals surface area contributed by atoms with Gasteiger partial charge in [0, 0.05) is 49.9 Å². The Hall–Kier alpha value is -6.34. The fourth-order valence-electron chi connectivity index (χ4n) is 7.22. The minimum absolute atomic E-state index is 0.0568. The number of pyridine rings is 2. The monoisotopic (exact) mass is 954 g/mol. The third-order valence-electron chi connectivity index (χ3n) is 10.3. The molecule has 0 aliphatic carbocycles. The predicted molar refractivity (Wildman–Crippen MR) is 246 cm³/mol. The van der Waals surface area contributed by atoms with Crippen LogP contribution in [0.25, 0.3) is 21.8 Å². The lowest BCUT2D eigenvalue weighted by Crippen LogP contribution is -2.56. The lowest BCUT2D eigenvalue weighted by atomic mass is 9.94. The molecule has 4 N–H and O–H groups in total. The quantitative estimate of drug-likeness (QED) is 0.0895. The molecule has 0 radical (unpaired) electrons. The van der Waals surface area contributed by atoms with Crippen LogP contribution in [0.15, 0.2) is 146 Å². The first kappa shape index (κ1) is 44.3. The van der Waals surface area contributed by atoms with E-state index in [0.29, 0.717) is 10.8 Å². The summed E-state index contributed by atoms with van der Waals surface area (Å²) in [4.78, 5) is 39.1. The highest BCUT2D eigenvalue weighted by Crippen LogP contribution is 2.43. The van der Waals surface area contributed by atoms with Crippen LogP contribution in [0.4, 0.5) is 4.39 Å².